The van der Waals surface area contributed by atoms with Crippen LogP contribution in [0.5, 0.6) is 0 Å². The standard InChI is InChI=1S/C4H9.6CH3.Zn/c1-3-4-2;;;;;;;/h1,3-4H2,2H3;6*1H3;/q7*-1;. The van der Waals surface area contributed by atoms with E-state index in [0.717, 1.165) is 6.42 Å². The minimum Gasteiger partial charge on any atom is -0.358 e. The molecular weight excluding hydrogens is 185 g/mol. The molecule has 0 radical (unpaired) electrons. The van der Waals surface area contributed by atoms with Gasteiger partial charge in [-0.15, -0.1) is 0 Å². The van der Waals surface area contributed by atoms with Gasteiger partial charge in [0, 0.05) is 19.5 Å². The van der Waals surface area contributed by atoms with Crippen LogP contribution < -0.4 is 0 Å². The summed E-state index contributed by atoms with van der Waals surface area (Å²) in [6, 6.07) is 0. The normalized spacial score (nSPS) is 2.73. The zero-order chi connectivity index (χ0) is 3.41. The van der Waals surface area contributed by atoms with Crippen LogP contribution in [0.25, 0.3) is 0 Å². The van der Waals surface area contributed by atoms with Gasteiger partial charge in [0.1, 0.15) is 0 Å². The average Bonchev–Trinajstić information content (AvgIpc) is 1.37. The first-order valence-electron chi connectivity index (χ1n) is 1.71. The molecule has 0 spiro atoms. The predicted molar refractivity (Wildman–Crippen MR) is 58.7 cm³/mol. The summed E-state index contributed by atoms with van der Waals surface area (Å²) in [6.07, 6.45) is 2.28. The van der Waals surface area contributed by atoms with Crippen LogP contribution in [0, 0.1) is 51.5 Å². The zero-order valence-electron chi connectivity index (χ0n) is 9.83. The van der Waals surface area contributed by atoms with E-state index in [0.29, 0.717) is 0 Å². The molecule has 0 aromatic heterocycles. The van der Waals surface area contributed by atoms with E-state index in [-0.39, 0.29) is 64.0 Å². The van der Waals surface area contributed by atoms with E-state index in [1.54, 1.807) is 0 Å². The maximum atomic E-state index is 3.60. The maximum Gasteiger partial charge on any atom is 0 e. The van der Waals surface area contributed by atoms with Crippen molar-refractivity contribution >= 4 is 0 Å². The first-order valence-corrected chi connectivity index (χ1v) is 1.71. The van der Waals surface area contributed by atoms with Gasteiger partial charge in [-0.1, -0.05) is 13.3 Å². The second-order valence-electron chi connectivity index (χ2n) is 0.854. The Bertz CT molecular complexity index is 6.83. The van der Waals surface area contributed by atoms with Gasteiger partial charge in [0.25, 0.3) is 0 Å². The van der Waals surface area contributed by atoms with Gasteiger partial charge < -0.3 is 51.5 Å². The number of rotatable bonds is 1. The molecule has 0 N–H and O–H groups in total. The van der Waals surface area contributed by atoms with Crippen molar-refractivity contribution in [1.82, 2.24) is 0 Å². The van der Waals surface area contributed by atoms with Crippen molar-refractivity contribution in [2.75, 3.05) is 0 Å². The second-order valence-corrected chi connectivity index (χ2v) is 0.854. The molecule has 0 aromatic carbocycles. The third-order valence-electron chi connectivity index (χ3n) is 0.354. The van der Waals surface area contributed by atoms with Crippen molar-refractivity contribution in [3.05, 3.63) is 51.5 Å². The molecule has 0 atom stereocenters. The summed E-state index contributed by atoms with van der Waals surface area (Å²) in [7, 11) is 0. The van der Waals surface area contributed by atoms with Crippen LogP contribution in [-0.2, 0) is 19.5 Å². The molecule has 0 aliphatic carbocycles. The number of unbranched alkanes of at least 4 members (excludes halogenated alkanes) is 1. The summed E-state index contributed by atoms with van der Waals surface area (Å²) in [6.45, 7) is 5.72. The predicted octanol–water partition coefficient (Wildman–Crippen LogP) is 4.32. The van der Waals surface area contributed by atoms with Crippen LogP contribution in [0.4, 0.5) is 0 Å². The largest absolute Gasteiger partial charge is 0.358 e. The molecule has 0 heterocycles. The van der Waals surface area contributed by atoms with Crippen molar-refractivity contribution in [2.24, 2.45) is 0 Å². The van der Waals surface area contributed by atoms with Gasteiger partial charge in [0.2, 0.25) is 0 Å². The minimum atomic E-state index is 0. The van der Waals surface area contributed by atoms with E-state index in [4.69, 9.17) is 0 Å². The molecule has 0 saturated carbocycles. The molecule has 0 bridgehead atoms. The second kappa shape index (κ2) is 143. The van der Waals surface area contributed by atoms with Crippen LogP contribution in [0.3, 0.4) is 0 Å². The Morgan fingerprint density at radius 3 is 0.909 bits per heavy atom. The third kappa shape index (κ3) is 300. The molecule has 0 aromatic rings. The Labute approximate surface area is 90.9 Å². The molecule has 0 fully saturated rings. The van der Waals surface area contributed by atoms with E-state index < -0.39 is 0 Å². The van der Waals surface area contributed by atoms with Crippen LogP contribution in [0.2, 0.25) is 0 Å². The molecular formula is C10H27Zn-7. The topological polar surface area (TPSA) is 0 Å². The molecule has 0 amide bonds. The first-order chi connectivity index (χ1) is 1.91. The molecule has 1 heteroatoms. The van der Waals surface area contributed by atoms with E-state index in [1.165, 1.54) is 6.42 Å². The number of hydrogen-bond donors (Lipinski definition) is 0. The summed E-state index contributed by atoms with van der Waals surface area (Å²) in [5.41, 5.74) is 0. The SMILES string of the molecule is [CH2-]CCC.[CH3-].[CH3-].[CH3-].[CH3-].[CH3-].[CH3-].[Zn]. The van der Waals surface area contributed by atoms with Gasteiger partial charge in [-0.25, -0.2) is 0 Å². The molecule has 0 saturated heterocycles. The number of hydrogen-bond acceptors (Lipinski definition) is 0. The van der Waals surface area contributed by atoms with Crippen LogP contribution in [-0.4, -0.2) is 0 Å². The molecule has 0 aliphatic heterocycles. The Balaban J connectivity index is -0.00000000214. The van der Waals surface area contributed by atoms with Gasteiger partial charge in [0.05, 0.1) is 0 Å². The van der Waals surface area contributed by atoms with Gasteiger partial charge >= 0.3 is 0 Å². The average molecular weight is 213 g/mol. The Morgan fingerprint density at radius 1 is 0.818 bits per heavy atom. The minimum absolute atomic E-state index is 0. The van der Waals surface area contributed by atoms with E-state index in [9.17, 15) is 0 Å². The summed E-state index contributed by atoms with van der Waals surface area (Å²) in [5, 5.41) is 0. The van der Waals surface area contributed by atoms with E-state index in [1.807, 2.05) is 0 Å². The molecule has 0 nitrogen and oxygen atoms in total. The fourth-order valence-corrected chi connectivity index (χ4v) is 0. The van der Waals surface area contributed by atoms with Crippen LogP contribution in [0.15, 0.2) is 0 Å². The third-order valence-corrected chi connectivity index (χ3v) is 0.354. The Morgan fingerprint density at radius 2 is 0.909 bits per heavy atom. The van der Waals surface area contributed by atoms with Crippen LogP contribution in [0.1, 0.15) is 19.8 Å². The van der Waals surface area contributed by atoms with Gasteiger partial charge in [-0.3, -0.25) is 0 Å². The van der Waals surface area contributed by atoms with E-state index >= 15 is 0 Å². The molecule has 11 heavy (non-hydrogen) atoms. The summed E-state index contributed by atoms with van der Waals surface area (Å²) in [4.78, 5) is 0. The molecule has 0 aliphatic rings. The first kappa shape index (κ1) is 99.9. The summed E-state index contributed by atoms with van der Waals surface area (Å²) < 4.78 is 0. The van der Waals surface area contributed by atoms with Crippen molar-refractivity contribution < 1.29 is 19.5 Å². The fraction of sp³-hybridized carbons (Fsp3) is 0.300. The van der Waals surface area contributed by atoms with Gasteiger partial charge in [0.15, 0.2) is 0 Å². The fourth-order valence-electron chi connectivity index (χ4n) is 0. The monoisotopic (exact) mass is 211 g/mol. The van der Waals surface area contributed by atoms with E-state index in [2.05, 4.69) is 13.8 Å². The van der Waals surface area contributed by atoms with Crippen molar-refractivity contribution in [1.29, 1.82) is 0 Å². The Hall–Kier alpha value is 0.623. The molecule has 0 unspecified atom stereocenters. The summed E-state index contributed by atoms with van der Waals surface area (Å²) in [5.74, 6) is 0. The van der Waals surface area contributed by atoms with Crippen molar-refractivity contribution in [3.63, 3.8) is 0 Å². The Kier molecular flexibility index (Phi) is 1300. The molecule has 0 rings (SSSR count). The molecule has 76 valence electrons. The zero-order valence-corrected chi connectivity index (χ0v) is 12.8. The van der Waals surface area contributed by atoms with Gasteiger partial charge in [-0.2, -0.15) is 6.42 Å². The summed E-state index contributed by atoms with van der Waals surface area (Å²) >= 11 is 0. The van der Waals surface area contributed by atoms with Crippen molar-refractivity contribution in [2.45, 2.75) is 19.8 Å². The smallest absolute Gasteiger partial charge is 0 e. The van der Waals surface area contributed by atoms with Gasteiger partial charge in [-0.05, 0) is 0 Å². The van der Waals surface area contributed by atoms with Crippen LogP contribution >= 0.6 is 0 Å². The quantitative estimate of drug-likeness (QED) is 0.449. The van der Waals surface area contributed by atoms with Crippen molar-refractivity contribution in [3.8, 4) is 0 Å². The maximum absolute atomic E-state index is 3.60.